The van der Waals surface area contributed by atoms with E-state index >= 15 is 0 Å². The highest BCUT2D eigenvalue weighted by atomic mass is 16.5. The van der Waals surface area contributed by atoms with Crippen LogP contribution in [0.3, 0.4) is 0 Å². The van der Waals surface area contributed by atoms with Crippen LogP contribution < -0.4 is 0 Å². The van der Waals surface area contributed by atoms with Crippen LogP contribution in [0.25, 0.3) is 0 Å². The van der Waals surface area contributed by atoms with E-state index in [0.717, 1.165) is 18.8 Å². The van der Waals surface area contributed by atoms with E-state index in [9.17, 15) is 4.79 Å². The minimum atomic E-state index is 0.345. The van der Waals surface area contributed by atoms with Crippen molar-refractivity contribution >= 4 is 5.78 Å². The maximum Gasteiger partial charge on any atom is 0.138 e. The first-order valence-corrected chi connectivity index (χ1v) is 8.94. The molecule has 2 heteroatoms. The summed E-state index contributed by atoms with van der Waals surface area (Å²) in [5, 5.41) is 0. The number of rotatable bonds is 7. The fourth-order valence-electron chi connectivity index (χ4n) is 3.94. The van der Waals surface area contributed by atoms with Crippen LogP contribution in [0.15, 0.2) is 0 Å². The van der Waals surface area contributed by atoms with Crippen LogP contribution in [0.4, 0.5) is 0 Å². The molecule has 2 fully saturated rings. The lowest BCUT2D eigenvalue weighted by Crippen LogP contribution is -2.24. The molecule has 0 radical (unpaired) electrons. The molecule has 0 spiro atoms. The largest absolute Gasteiger partial charge is 0.378 e. The number of ether oxygens (including phenoxy) is 1. The van der Waals surface area contributed by atoms with Crippen molar-refractivity contribution in [3.8, 4) is 0 Å². The first kappa shape index (κ1) is 16.0. The summed E-state index contributed by atoms with van der Waals surface area (Å²) in [7, 11) is 0. The molecular formula is C18H32O2. The van der Waals surface area contributed by atoms with Gasteiger partial charge in [0.05, 0.1) is 12.7 Å². The summed E-state index contributed by atoms with van der Waals surface area (Å²) in [4.78, 5) is 12.2. The third-order valence-electron chi connectivity index (χ3n) is 5.25. The zero-order valence-electron chi connectivity index (χ0n) is 13.2. The van der Waals surface area contributed by atoms with Crippen molar-refractivity contribution < 1.29 is 9.53 Å². The van der Waals surface area contributed by atoms with Gasteiger partial charge in [0, 0.05) is 12.3 Å². The molecule has 116 valence electrons. The molecule has 0 aromatic heterocycles. The molecule has 0 N–H and O–H groups in total. The molecule has 2 aliphatic carbocycles. The molecule has 2 rings (SSSR count). The number of carbonyl (C=O) groups is 1. The van der Waals surface area contributed by atoms with Crippen LogP contribution in [0.5, 0.6) is 0 Å². The molecule has 2 saturated carbocycles. The first-order chi connectivity index (χ1) is 9.79. The van der Waals surface area contributed by atoms with Crippen molar-refractivity contribution in [3.05, 3.63) is 0 Å². The van der Waals surface area contributed by atoms with Crippen LogP contribution >= 0.6 is 0 Å². The van der Waals surface area contributed by atoms with E-state index in [1.54, 1.807) is 0 Å². The number of carbonyl (C=O) groups excluding carboxylic acids is 1. The quantitative estimate of drug-likeness (QED) is 0.663. The first-order valence-electron chi connectivity index (χ1n) is 8.94. The summed E-state index contributed by atoms with van der Waals surface area (Å²) in [5.41, 5.74) is 0. The summed E-state index contributed by atoms with van der Waals surface area (Å²) >= 11 is 0. The van der Waals surface area contributed by atoms with Gasteiger partial charge in [0.15, 0.2) is 0 Å². The van der Waals surface area contributed by atoms with Gasteiger partial charge in [-0.05, 0) is 44.4 Å². The number of hydrogen-bond donors (Lipinski definition) is 0. The molecule has 2 nitrogen and oxygen atoms in total. The lowest BCUT2D eigenvalue weighted by Gasteiger charge is -2.27. The van der Waals surface area contributed by atoms with Gasteiger partial charge in [-0.1, -0.05) is 39.0 Å². The van der Waals surface area contributed by atoms with Crippen molar-refractivity contribution in [2.45, 2.75) is 90.1 Å². The van der Waals surface area contributed by atoms with Crippen LogP contribution in [0.1, 0.15) is 84.0 Å². The Bertz CT molecular complexity index is 273. The summed E-state index contributed by atoms with van der Waals surface area (Å²) in [6, 6.07) is 0. The summed E-state index contributed by atoms with van der Waals surface area (Å²) < 4.78 is 5.88. The van der Waals surface area contributed by atoms with E-state index in [2.05, 4.69) is 6.92 Å². The average Bonchev–Trinajstić information content (AvgIpc) is 2.49. The molecule has 0 aromatic carbocycles. The van der Waals surface area contributed by atoms with Crippen molar-refractivity contribution in [2.75, 3.05) is 6.61 Å². The van der Waals surface area contributed by atoms with E-state index < -0.39 is 0 Å². The Kier molecular flexibility index (Phi) is 7.06. The fraction of sp³-hybridized carbons (Fsp3) is 0.944. The Balaban J connectivity index is 1.58. The van der Waals surface area contributed by atoms with Gasteiger partial charge in [0.25, 0.3) is 0 Å². The maximum absolute atomic E-state index is 12.2. The Labute approximate surface area is 124 Å². The second-order valence-corrected chi connectivity index (χ2v) is 6.85. The third kappa shape index (κ3) is 5.20. The van der Waals surface area contributed by atoms with Gasteiger partial charge in [-0.3, -0.25) is 4.79 Å². The van der Waals surface area contributed by atoms with E-state index in [0.29, 0.717) is 30.8 Å². The van der Waals surface area contributed by atoms with Gasteiger partial charge in [-0.25, -0.2) is 0 Å². The molecule has 0 aliphatic heterocycles. The predicted octanol–water partition coefficient (Wildman–Crippen LogP) is 4.90. The van der Waals surface area contributed by atoms with Crippen molar-refractivity contribution in [1.29, 1.82) is 0 Å². The third-order valence-corrected chi connectivity index (χ3v) is 5.25. The Hall–Kier alpha value is -0.370. The van der Waals surface area contributed by atoms with Gasteiger partial charge in [-0.15, -0.1) is 0 Å². The predicted molar refractivity (Wildman–Crippen MR) is 82.8 cm³/mol. The van der Waals surface area contributed by atoms with Crippen molar-refractivity contribution in [3.63, 3.8) is 0 Å². The lowest BCUT2D eigenvalue weighted by atomic mass is 9.78. The highest BCUT2D eigenvalue weighted by Crippen LogP contribution is 2.32. The summed E-state index contributed by atoms with van der Waals surface area (Å²) in [6.45, 7) is 2.93. The highest BCUT2D eigenvalue weighted by Gasteiger charge is 2.25. The van der Waals surface area contributed by atoms with E-state index in [1.165, 1.54) is 57.8 Å². The topological polar surface area (TPSA) is 26.3 Å². The second kappa shape index (κ2) is 8.81. The molecule has 0 bridgehead atoms. The monoisotopic (exact) mass is 280 g/mol. The molecule has 0 heterocycles. The van der Waals surface area contributed by atoms with Crippen LogP contribution in [-0.2, 0) is 9.53 Å². The number of Topliss-reactive ketones (excluding diaryl/α,β-unsaturated/α-hetero) is 1. The SMILES string of the molecule is CCCC1CCC(C(=O)CCOC2CCCCC2)CC1. The lowest BCUT2D eigenvalue weighted by molar-refractivity contribution is -0.125. The molecule has 0 saturated heterocycles. The smallest absolute Gasteiger partial charge is 0.138 e. The molecule has 20 heavy (non-hydrogen) atoms. The number of hydrogen-bond acceptors (Lipinski definition) is 2. The van der Waals surface area contributed by atoms with Crippen LogP contribution in [0, 0.1) is 11.8 Å². The van der Waals surface area contributed by atoms with Crippen LogP contribution in [0.2, 0.25) is 0 Å². The average molecular weight is 280 g/mol. The molecule has 2 aliphatic rings. The van der Waals surface area contributed by atoms with E-state index in [-0.39, 0.29) is 0 Å². The van der Waals surface area contributed by atoms with Gasteiger partial charge >= 0.3 is 0 Å². The van der Waals surface area contributed by atoms with Crippen molar-refractivity contribution in [1.82, 2.24) is 0 Å². The van der Waals surface area contributed by atoms with E-state index in [1.807, 2.05) is 0 Å². The zero-order valence-corrected chi connectivity index (χ0v) is 13.2. The standard InChI is InChI=1S/C18H32O2/c1-2-6-15-9-11-16(12-10-15)18(19)13-14-20-17-7-4-3-5-8-17/h15-17H,2-14H2,1H3. The van der Waals surface area contributed by atoms with Crippen molar-refractivity contribution in [2.24, 2.45) is 11.8 Å². The normalized spacial score (nSPS) is 28.4. The summed E-state index contributed by atoms with van der Waals surface area (Å²) in [6.07, 6.45) is 14.9. The van der Waals surface area contributed by atoms with E-state index in [4.69, 9.17) is 4.74 Å². The Morgan fingerprint density at radius 2 is 1.70 bits per heavy atom. The zero-order chi connectivity index (χ0) is 14.2. The molecule has 0 unspecified atom stereocenters. The van der Waals surface area contributed by atoms with Gasteiger partial charge in [-0.2, -0.15) is 0 Å². The van der Waals surface area contributed by atoms with Crippen LogP contribution in [-0.4, -0.2) is 18.5 Å². The second-order valence-electron chi connectivity index (χ2n) is 6.85. The fourth-order valence-corrected chi connectivity index (χ4v) is 3.94. The Morgan fingerprint density at radius 1 is 1.00 bits per heavy atom. The molecule has 0 aromatic rings. The minimum Gasteiger partial charge on any atom is -0.378 e. The Morgan fingerprint density at radius 3 is 2.35 bits per heavy atom. The van der Waals surface area contributed by atoms with Gasteiger partial charge < -0.3 is 4.74 Å². The molecular weight excluding hydrogens is 248 g/mol. The summed E-state index contributed by atoms with van der Waals surface area (Å²) in [5.74, 6) is 1.70. The molecule has 0 amide bonds. The van der Waals surface area contributed by atoms with Gasteiger partial charge in [0.2, 0.25) is 0 Å². The molecule has 0 atom stereocenters. The maximum atomic E-state index is 12.2. The minimum absolute atomic E-state index is 0.345. The van der Waals surface area contributed by atoms with Gasteiger partial charge in [0.1, 0.15) is 5.78 Å². The highest BCUT2D eigenvalue weighted by molar-refractivity contribution is 5.81. The number of ketones is 1.